The molecule has 2 aromatic carbocycles. The van der Waals surface area contributed by atoms with Crippen molar-refractivity contribution in [3.05, 3.63) is 71.8 Å². The van der Waals surface area contributed by atoms with Crippen molar-refractivity contribution in [1.29, 1.82) is 0 Å². The first-order valence-electron chi connectivity index (χ1n) is 9.55. The van der Waals surface area contributed by atoms with E-state index in [0.717, 1.165) is 16.0 Å². The van der Waals surface area contributed by atoms with Gasteiger partial charge in [0.15, 0.2) is 0 Å². The molecule has 2 aromatic rings. The maximum Gasteiger partial charge on any atom is 0.410 e. The predicted molar refractivity (Wildman–Crippen MR) is 110 cm³/mol. The minimum Gasteiger partial charge on any atom is -0.480 e. The van der Waals surface area contributed by atoms with Crippen LogP contribution in [0.5, 0.6) is 0 Å². The van der Waals surface area contributed by atoms with Crippen LogP contribution in [-0.2, 0) is 27.5 Å². The number of rotatable bonds is 10. The summed E-state index contributed by atoms with van der Waals surface area (Å²) < 4.78 is 10.4. The molecule has 0 bridgehead atoms. The fraction of sp³-hybridized carbons (Fsp3) is 0.318. The number of carbonyl (C=O) groups excluding carboxylic acids is 2. The highest BCUT2D eigenvalue weighted by atomic mass is 16.6. The quantitative estimate of drug-likeness (QED) is 0.640. The lowest BCUT2D eigenvalue weighted by Crippen LogP contribution is -2.38. The SMILES string of the molecule is CN(CCCN(CC(=O)O)C(=O)OCc1ccccc1)C(=O)OCc1ccccc1. The molecule has 0 spiro atoms. The molecule has 0 heterocycles. The second-order valence-corrected chi connectivity index (χ2v) is 6.67. The summed E-state index contributed by atoms with van der Waals surface area (Å²) in [6, 6.07) is 18.4. The van der Waals surface area contributed by atoms with Gasteiger partial charge >= 0.3 is 18.2 Å². The van der Waals surface area contributed by atoms with Crippen LogP contribution in [0.3, 0.4) is 0 Å². The Kier molecular flexibility index (Phi) is 9.18. The molecule has 8 heteroatoms. The molecule has 0 aliphatic rings. The molecular weight excluding hydrogens is 388 g/mol. The van der Waals surface area contributed by atoms with Gasteiger partial charge in [0, 0.05) is 20.1 Å². The molecule has 8 nitrogen and oxygen atoms in total. The van der Waals surface area contributed by atoms with Crippen molar-refractivity contribution in [2.75, 3.05) is 26.7 Å². The number of benzene rings is 2. The van der Waals surface area contributed by atoms with Gasteiger partial charge in [-0.2, -0.15) is 0 Å². The lowest BCUT2D eigenvalue weighted by molar-refractivity contribution is -0.138. The van der Waals surface area contributed by atoms with Crippen LogP contribution in [0.1, 0.15) is 17.5 Å². The molecule has 0 aliphatic heterocycles. The highest BCUT2D eigenvalue weighted by Crippen LogP contribution is 2.06. The fourth-order valence-corrected chi connectivity index (χ4v) is 2.63. The van der Waals surface area contributed by atoms with E-state index in [1.807, 2.05) is 60.7 Å². The molecule has 2 amide bonds. The van der Waals surface area contributed by atoms with Gasteiger partial charge in [0.05, 0.1) is 0 Å². The van der Waals surface area contributed by atoms with Gasteiger partial charge in [-0.3, -0.25) is 9.69 Å². The second-order valence-electron chi connectivity index (χ2n) is 6.67. The smallest absolute Gasteiger partial charge is 0.410 e. The molecule has 30 heavy (non-hydrogen) atoms. The summed E-state index contributed by atoms with van der Waals surface area (Å²) in [7, 11) is 1.59. The van der Waals surface area contributed by atoms with E-state index in [1.54, 1.807) is 7.05 Å². The van der Waals surface area contributed by atoms with Crippen molar-refractivity contribution in [2.45, 2.75) is 19.6 Å². The van der Waals surface area contributed by atoms with Gasteiger partial charge in [-0.25, -0.2) is 9.59 Å². The normalized spacial score (nSPS) is 10.2. The maximum absolute atomic E-state index is 12.3. The Bertz CT molecular complexity index is 813. The number of nitrogens with zero attached hydrogens (tertiary/aromatic N) is 2. The van der Waals surface area contributed by atoms with E-state index in [2.05, 4.69) is 0 Å². The minimum atomic E-state index is -1.14. The van der Waals surface area contributed by atoms with Crippen LogP contribution in [-0.4, -0.2) is 59.7 Å². The summed E-state index contributed by atoms with van der Waals surface area (Å²) in [6.45, 7) is 0.185. The van der Waals surface area contributed by atoms with Crippen molar-refractivity contribution in [2.24, 2.45) is 0 Å². The third kappa shape index (κ3) is 8.22. The summed E-state index contributed by atoms with van der Waals surface area (Å²) in [5.41, 5.74) is 1.69. The van der Waals surface area contributed by atoms with Crippen molar-refractivity contribution in [1.82, 2.24) is 9.80 Å². The Labute approximate surface area is 175 Å². The van der Waals surface area contributed by atoms with Gasteiger partial charge in [0.25, 0.3) is 0 Å². The Balaban J connectivity index is 1.76. The molecule has 0 fully saturated rings. The van der Waals surface area contributed by atoms with Crippen LogP contribution in [0, 0.1) is 0 Å². The molecular formula is C22H26N2O6. The van der Waals surface area contributed by atoms with Gasteiger partial charge in [-0.1, -0.05) is 60.7 Å². The minimum absolute atomic E-state index is 0.0571. The van der Waals surface area contributed by atoms with Crippen LogP contribution in [0.25, 0.3) is 0 Å². The summed E-state index contributed by atoms with van der Waals surface area (Å²) in [5.74, 6) is -1.14. The third-order valence-corrected chi connectivity index (χ3v) is 4.23. The number of aliphatic carboxylic acids is 1. The number of hydrogen-bond donors (Lipinski definition) is 1. The Morgan fingerprint density at radius 2 is 1.30 bits per heavy atom. The third-order valence-electron chi connectivity index (χ3n) is 4.23. The largest absolute Gasteiger partial charge is 0.480 e. The second kappa shape index (κ2) is 12.1. The first-order valence-corrected chi connectivity index (χ1v) is 9.55. The van der Waals surface area contributed by atoms with Gasteiger partial charge in [-0.15, -0.1) is 0 Å². The van der Waals surface area contributed by atoms with Crippen molar-refractivity contribution >= 4 is 18.2 Å². The summed E-state index contributed by atoms with van der Waals surface area (Å²) in [4.78, 5) is 37.9. The predicted octanol–water partition coefficient (Wildman–Crippen LogP) is 3.37. The van der Waals surface area contributed by atoms with Crippen LogP contribution in [0.4, 0.5) is 9.59 Å². The topological polar surface area (TPSA) is 96.4 Å². The zero-order valence-corrected chi connectivity index (χ0v) is 16.9. The molecule has 0 saturated heterocycles. The molecule has 1 N–H and O–H groups in total. The number of hydrogen-bond acceptors (Lipinski definition) is 5. The van der Waals surface area contributed by atoms with E-state index in [9.17, 15) is 14.4 Å². The van der Waals surface area contributed by atoms with Crippen LogP contribution < -0.4 is 0 Å². The van der Waals surface area contributed by atoms with Gasteiger partial charge < -0.3 is 19.5 Å². The first-order chi connectivity index (χ1) is 14.5. The fourth-order valence-electron chi connectivity index (χ4n) is 2.63. The highest BCUT2D eigenvalue weighted by molar-refractivity contribution is 5.76. The molecule has 0 saturated carbocycles. The summed E-state index contributed by atoms with van der Waals surface area (Å²) >= 11 is 0. The average molecular weight is 414 g/mol. The highest BCUT2D eigenvalue weighted by Gasteiger charge is 2.19. The van der Waals surface area contributed by atoms with Crippen LogP contribution in [0.2, 0.25) is 0 Å². The number of amides is 2. The monoisotopic (exact) mass is 414 g/mol. The molecule has 0 radical (unpaired) electrons. The van der Waals surface area contributed by atoms with E-state index < -0.39 is 24.7 Å². The van der Waals surface area contributed by atoms with Gasteiger partial charge in [0.2, 0.25) is 0 Å². The zero-order chi connectivity index (χ0) is 21.8. The number of carboxylic acids is 1. The summed E-state index contributed by atoms with van der Waals surface area (Å²) in [5, 5.41) is 9.06. The molecule has 0 aliphatic carbocycles. The summed E-state index contributed by atoms with van der Waals surface area (Å²) in [6.07, 6.45) is -0.823. The number of carboxylic acid groups (broad SMARTS) is 1. The van der Waals surface area contributed by atoms with Crippen molar-refractivity contribution in [3.63, 3.8) is 0 Å². The van der Waals surface area contributed by atoms with E-state index in [1.165, 1.54) is 4.90 Å². The molecule has 0 atom stereocenters. The van der Waals surface area contributed by atoms with Crippen molar-refractivity contribution in [3.8, 4) is 0 Å². The Morgan fingerprint density at radius 3 is 1.80 bits per heavy atom. The molecule has 0 aromatic heterocycles. The Hall–Kier alpha value is -3.55. The van der Waals surface area contributed by atoms with Crippen LogP contribution >= 0.6 is 0 Å². The van der Waals surface area contributed by atoms with Gasteiger partial charge in [0.1, 0.15) is 19.8 Å². The lowest BCUT2D eigenvalue weighted by Gasteiger charge is -2.22. The van der Waals surface area contributed by atoms with Crippen LogP contribution in [0.15, 0.2) is 60.7 Å². The first kappa shape index (κ1) is 22.7. The van der Waals surface area contributed by atoms with E-state index in [4.69, 9.17) is 14.6 Å². The Morgan fingerprint density at radius 1 is 0.800 bits per heavy atom. The maximum atomic E-state index is 12.3. The van der Waals surface area contributed by atoms with Gasteiger partial charge in [-0.05, 0) is 17.5 Å². The molecule has 2 rings (SSSR count). The molecule has 0 unspecified atom stereocenters. The molecule has 160 valence electrons. The number of ether oxygens (including phenoxy) is 2. The lowest BCUT2D eigenvalue weighted by atomic mass is 10.2. The van der Waals surface area contributed by atoms with E-state index >= 15 is 0 Å². The van der Waals surface area contributed by atoms with E-state index in [-0.39, 0.29) is 19.8 Å². The van der Waals surface area contributed by atoms with E-state index in [0.29, 0.717) is 13.0 Å². The average Bonchev–Trinajstić information content (AvgIpc) is 2.76. The standard InChI is InChI=1S/C22H26N2O6/c1-23(21(27)29-16-18-9-4-2-5-10-18)13-8-14-24(15-20(25)26)22(28)30-17-19-11-6-3-7-12-19/h2-7,9-12H,8,13-17H2,1H3,(H,25,26). The number of carbonyl (C=O) groups is 3. The van der Waals surface area contributed by atoms with Crippen molar-refractivity contribution < 1.29 is 29.0 Å². The zero-order valence-electron chi connectivity index (χ0n) is 16.9.